The van der Waals surface area contributed by atoms with E-state index in [0.717, 1.165) is 18.4 Å². The number of nitrogens with two attached hydrogens (primary N) is 1. The molecule has 1 fully saturated rings. The van der Waals surface area contributed by atoms with Crippen molar-refractivity contribution in [2.45, 2.75) is 165 Å². The molecule has 0 spiro atoms. The second-order valence-corrected chi connectivity index (χ2v) is 12.2. The minimum Gasteiger partial charge on any atom is -0.463 e. The fourth-order valence-electron chi connectivity index (χ4n) is 5.68. The number of benzene rings is 1. The number of hydrogen-bond acceptors (Lipinski definition) is 8. The summed E-state index contributed by atoms with van der Waals surface area (Å²) in [5.74, 6) is -0.426. The summed E-state index contributed by atoms with van der Waals surface area (Å²) in [7, 11) is 0. The molecular weight excluding hydrogens is 534 g/mol. The number of carbonyl (C=O) groups excluding carboxylic acids is 1. The first kappa shape index (κ1) is 36.6. The molecule has 0 unspecified atom stereocenters. The number of aliphatic hydroxyl groups excluding tert-OH is 4. The van der Waals surface area contributed by atoms with Gasteiger partial charge in [-0.3, -0.25) is 4.79 Å². The van der Waals surface area contributed by atoms with Gasteiger partial charge in [-0.1, -0.05) is 121 Å². The normalized spacial score (nSPS) is 23.9. The van der Waals surface area contributed by atoms with Gasteiger partial charge >= 0.3 is 5.97 Å². The Kier molecular flexibility index (Phi) is 19.2. The molecule has 1 heterocycles. The molecule has 2 rings (SSSR count). The zero-order valence-electron chi connectivity index (χ0n) is 26.0. The number of ether oxygens (including phenoxy) is 2. The van der Waals surface area contributed by atoms with E-state index in [4.69, 9.17) is 15.2 Å². The molecule has 1 aliphatic heterocycles. The number of hydrogen-bond donors (Lipinski definition) is 5. The van der Waals surface area contributed by atoms with E-state index in [0.29, 0.717) is 25.7 Å². The van der Waals surface area contributed by atoms with E-state index in [-0.39, 0.29) is 13.0 Å². The van der Waals surface area contributed by atoms with Crippen molar-refractivity contribution in [1.82, 2.24) is 0 Å². The quantitative estimate of drug-likeness (QED) is 0.0885. The molecule has 1 saturated heterocycles. The van der Waals surface area contributed by atoms with Gasteiger partial charge in [0.2, 0.25) is 0 Å². The number of unbranched alkanes of at least 4 members (excludes halogenated alkanes) is 12. The Morgan fingerprint density at radius 3 is 1.95 bits per heavy atom. The summed E-state index contributed by atoms with van der Waals surface area (Å²) in [6, 6.07) is 9.12. The van der Waals surface area contributed by atoms with Gasteiger partial charge in [0, 0.05) is 12.5 Å². The van der Waals surface area contributed by atoms with Crippen molar-refractivity contribution < 1.29 is 34.7 Å². The van der Waals surface area contributed by atoms with Crippen LogP contribution in [0.4, 0.5) is 0 Å². The predicted octanol–water partition coefficient (Wildman–Crippen LogP) is 4.96. The van der Waals surface area contributed by atoms with E-state index in [1.165, 1.54) is 70.6 Å². The van der Waals surface area contributed by atoms with Gasteiger partial charge in [-0.25, -0.2) is 0 Å². The van der Waals surface area contributed by atoms with Crippen LogP contribution in [0.5, 0.6) is 0 Å². The van der Waals surface area contributed by atoms with Crippen LogP contribution < -0.4 is 5.73 Å². The van der Waals surface area contributed by atoms with Gasteiger partial charge in [-0.05, 0) is 31.2 Å². The van der Waals surface area contributed by atoms with Crippen LogP contribution in [-0.2, 0) is 20.7 Å². The maximum Gasteiger partial charge on any atom is 0.306 e. The van der Waals surface area contributed by atoms with E-state index >= 15 is 0 Å². The number of esters is 1. The van der Waals surface area contributed by atoms with Crippen molar-refractivity contribution in [2.24, 2.45) is 5.73 Å². The van der Waals surface area contributed by atoms with Crippen molar-refractivity contribution in [2.75, 3.05) is 6.61 Å². The summed E-state index contributed by atoms with van der Waals surface area (Å²) in [6.45, 7) is 2.03. The zero-order valence-corrected chi connectivity index (χ0v) is 26.0. The average Bonchev–Trinajstić information content (AvgIpc) is 3.00. The lowest BCUT2D eigenvalue weighted by molar-refractivity contribution is -0.233. The molecular formula is C34H59NO7. The lowest BCUT2D eigenvalue weighted by Gasteiger charge is -2.40. The number of rotatable bonds is 23. The van der Waals surface area contributed by atoms with Crippen molar-refractivity contribution in [1.29, 1.82) is 0 Å². The van der Waals surface area contributed by atoms with Crippen molar-refractivity contribution >= 4 is 5.97 Å². The maximum atomic E-state index is 12.2. The fourth-order valence-corrected chi connectivity index (χ4v) is 5.68. The smallest absolute Gasteiger partial charge is 0.306 e. The first-order valence-corrected chi connectivity index (χ1v) is 16.7. The molecule has 1 aliphatic rings. The van der Waals surface area contributed by atoms with Gasteiger partial charge < -0.3 is 35.6 Å². The molecule has 242 valence electrons. The third-order valence-electron chi connectivity index (χ3n) is 8.56. The fraction of sp³-hybridized carbons (Fsp3) is 0.794. The second kappa shape index (κ2) is 22.0. The summed E-state index contributed by atoms with van der Waals surface area (Å²) in [5.41, 5.74) is 7.26. The third-order valence-corrected chi connectivity index (χ3v) is 8.56. The molecule has 0 amide bonds. The van der Waals surface area contributed by atoms with Gasteiger partial charge in [0.25, 0.3) is 0 Å². The highest BCUT2D eigenvalue weighted by Crippen LogP contribution is 2.26. The average molecular weight is 594 g/mol. The molecule has 8 heteroatoms. The van der Waals surface area contributed by atoms with Gasteiger partial charge in [-0.15, -0.1) is 0 Å². The topological polar surface area (TPSA) is 142 Å². The number of aryl methyl sites for hydroxylation is 1. The molecule has 1 aromatic carbocycles. The Balaban J connectivity index is 1.58. The number of aliphatic hydroxyl groups is 4. The third kappa shape index (κ3) is 14.8. The SMILES string of the molecule is CCCCCCCCCCCCCCC[C@@H](O)[C@@H](N)CC[C@H]1O[C@H](COC(=O)CCc2ccccc2)[C@H](O)[C@H](O)[C@H]1O. The molecule has 0 radical (unpaired) electrons. The summed E-state index contributed by atoms with van der Waals surface area (Å²) in [4.78, 5) is 12.2. The van der Waals surface area contributed by atoms with E-state index in [9.17, 15) is 25.2 Å². The highest BCUT2D eigenvalue weighted by Gasteiger charge is 2.44. The van der Waals surface area contributed by atoms with E-state index < -0.39 is 48.6 Å². The van der Waals surface area contributed by atoms with E-state index in [1.807, 2.05) is 30.3 Å². The van der Waals surface area contributed by atoms with Gasteiger partial charge in [0.1, 0.15) is 31.0 Å². The van der Waals surface area contributed by atoms with Crippen LogP contribution in [0.2, 0.25) is 0 Å². The highest BCUT2D eigenvalue weighted by atomic mass is 16.6. The Morgan fingerprint density at radius 2 is 1.36 bits per heavy atom. The standard InChI is InChI=1S/C34H59NO7/c1-2-3-4-5-6-7-8-9-10-11-12-13-17-20-28(36)27(35)22-23-29-32(38)34(40)33(39)30(42-29)25-41-31(37)24-21-26-18-15-14-16-19-26/h14-16,18-19,27-30,32-34,36,38-40H,2-13,17,20-25,35H2,1H3/t27-,28+,29+,30+,32-,33-,34+/m0/s1. The van der Waals surface area contributed by atoms with Crippen LogP contribution in [-0.4, -0.2) is 75.7 Å². The van der Waals surface area contributed by atoms with Crippen LogP contribution in [0.25, 0.3) is 0 Å². The molecule has 7 atom stereocenters. The zero-order chi connectivity index (χ0) is 30.6. The summed E-state index contributed by atoms with van der Waals surface area (Å²) < 4.78 is 11.1. The Hall–Kier alpha value is -1.55. The van der Waals surface area contributed by atoms with Crippen LogP contribution >= 0.6 is 0 Å². The van der Waals surface area contributed by atoms with Crippen molar-refractivity contribution in [3.63, 3.8) is 0 Å². The first-order chi connectivity index (χ1) is 20.3. The van der Waals surface area contributed by atoms with Gasteiger partial charge in [0.15, 0.2) is 0 Å². The number of carbonyl (C=O) groups is 1. The minimum atomic E-state index is -1.43. The Labute approximate surface area is 254 Å². The van der Waals surface area contributed by atoms with Crippen LogP contribution in [0, 0.1) is 0 Å². The maximum absolute atomic E-state index is 12.2. The monoisotopic (exact) mass is 593 g/mol. The van der Waals surface area contributed by atoms with E-state index in [1.54, 1.807) is 0 Å². The lowest BCUT2D eigenvalue weighted by Crippen LogP contribution is -2.59. The molecule has 0 aliphatic carbocycles. The molecule has 0 saturated carbocycles. The van der Waals surface area contributed by atoms with Crippen molar-refractivity contribution in [3.8, 4) is 0 Å². The van der Waals surface area contributed by atoms with Crippen LogP contribution in [0.1, 0.15) is 122 Å². The molecule has 42 heavy (non-hydrogen) atoms. The Morgan fingerprint density at radius 1 is 0.810 bits per heavy atom. The summed E-state index contributed by atoms with van der Waals surface area (Å²) in [6.07, 6.45) is 12.1. The van der Waals surface area contributed by atoms with Crippen LogP contribution in [0.3, 0.4) is 0 Å². The first-order valence-electron chi connectivity index (χ1n) is 16.7. The van der Waals surface area contributed by atoms with E-state index in [2.05, 4.69) is 6.92 Å². The molecule has 0 bridgehead atoms. The van der Waals surface area contributed by atoms with Crippen molar-refractivity contribution in [3.05, 3.63) is 35.9 Å². The van der Waals surface area contributed by atoms with Gasteiger partial charge in [-0.2, -0.15) is 0 Å². The largest absolute Gasteiger partial charge is 0.463 e. The molecule has 6 N–H and O–H groups in total. The summed E-state index contributed by atoms with van der Waals surface area (Å²) in [5, 5.41) is 41.7. The molecule has 1 aromatic rings. The van der Waals surface area contributed by atoms with Crippen LogP contribution in [0.15, 0.2) is 30.3 Å². The lowest BCUT2D eigenvalue weighted by atomic mass is 9.90. The minimum absolute atomic E-state index is 0.188. The van der Waals surface area contributed by atoms with Gasteiger partial charge in [0.05, 0.1) is 12.2 Å². The highest BCUT2D eigenvalue weighted by molar-refractivity contribution is 5.69. The summed E-state index contributed by atoms with van der Waals surface area (Å²) >= 11 is 0. The predicted molar refractivity (Wildman–Crippen MR) is 166 cm³/mol. The molecule has 8 nitrogen and oxygen atoms in total. The second-order valence-electron chi connectivity index (χ2n) is 12.2. The molecule has 0 aromatic heterocycles. The Bertz CT molecular complexity index is 810.